The van der Waals surface area contributed by atoms with E-state index in [-0.39, 0.29) is 4.90 Å². The molecule has 2 amide bonds. The number of carbonyl (C=O) groups is 1. The predicted molar refractivity (Wildman–Crippen MR) is 88.8 cm³/mol. The van der Waals surface area contributed by atoms with Crippen LogP contribution in [0.4, 0.5) is 4.79 Å². The molecule has 0 fully saturated rings. The van der Waals surface area contributed by atoms with E-state index in [1.54, 1.807) is 12.1 Å². The van der Waals surface area contributed by atoms with Crippen molar-refractivity contribution in [2.45, 2.75) is 32.2 Å². The van der Waals surface area contributed by atoms with Gasteiger partial charge in [0.05, 0.1) is 4.90 Å². The lowest BCUT2D eigenvalue weighted by atomic mass is 10.2. The number of amides is 2. The van der Waals surface area contributed by atoms with E-state index in [4.69, 9.17) is 0 Å². The maximum Gasteiger partial charge on any atom is 0.328 e. The second-order valence-corrected chi connectivity index (χ2v) is 7.12. The summed E-state index contributed by atoms with van der Waals surface area (Å²) in [6, 6.07) is 9.57. The van der Waals surface area contributed by atoms with E-state index in [2.05, 4.69) is 9.88 Å². The molecule has 6 nitrogen and oxygen atoms in total. The van der Waals surface area contributed by atoms with Gasteiger partial charge in [0, 0.05) is 24.5 Å². The summed E-state index contributed by atoms with van der Waals surface area (Å²) in [7, 11) is -3.85. The molecular formula is C16H21N3O3S. The molecule has 0 atom stereocenters. The van der Waals surface area contributed by atoms with Crippen molar-refractivity contribution in [3.63, 3.8) is 0 Å². The van der Waals surface area contributed by atoms with E-state index in [0.29, 0.717) is 13.1 Å². The van der Waals surface area contributed by atoms with E-state index < -0.39 is 16.1 Å². The highest BCUT2D eigenvalue weighted by atomic mass is 32.2. The molecule has 0 aliphatic rings. The van der Waals surface area contributed by atoms with Gasteiger partial charge in [-0.3, -0.25) is 0 Å². The number of urea groups is 1. The Morgan fingerprint density at radius 3 is 2.13 bits per heavy atom. The van der Waals surface area contributed by atoms with E-state index in [1.807, 2.05) is 37.6 Å². The molecule has 0 aliphatic heterocycles. The summed E-state index contributed by atoms with van der Waals surface area (Å²) >= 11 is 0. The third-order valence-corrected chi connectivity index (χ3v) is 4.94. The van der Waals surface area contributed by atoms with Crippen molar-refractivity contribution in [3.8, 4) is 0 Å². The SMILES string of the molecule is Cc1ccc(S(=O)(=O)NC(=O)NCCn2c(C)ccc2C)cc1. The number of rotatable bonds is 5. The van der Waals surface area contributed by atoms with Gasteiger partial charge in [0.2, 0.25) is 0 Å². The number of nitrogens with zero attached hydrogens (tertiary/aromatic N) is 1. The van der Waals surface area contributed by atoms with Gasteiger partial charge in [0.1, 0.15) is 0 Å². The van der Waals surface area contributed by atoms with Gasteiger partial charge < -0.3 is 9.88 Å². The van der Waals surface area contributed by atoms with Gasteiger partial charge >= 0.3 is 6.03 Å². The third-order valence-electron chi connectivity index (χ3n) is 3.60. The van der Waals surface area contributed by atoms with Crippen LogP contribution in [-0.2, 0) is 16.6 Å². The fraction of sp³-hybridized carbons (Fsp3) is 0.312. The smallest absolute Gasteiger partial charge is 0.328 e. The van der Waals surface area contributed by atoms with Crippen molar-refractivity contribution < 1.29 is 13.2 Å². The Hall–Kier alpha value is -2.28. The zero-order valence-corrected chi connectivity index (χ0v) is 14.3. The highest BCUT2D eigenvalue weighted by Gasteiger charge is 2.16. The number of aryl methyl sites for hydroxylation is 3. The van der Waals surface area contributed by atoms with Crippen LogP contribution in [0.1, 0.15) is 17.0 Å². The minimum absolute atomic E-state index is 0.0651. The topological polar surface area (TPSA) is 80.2 Å². The Labute approximate surface area is 136 Å². The van der Waals surface area contributed by atoms with Crippen LogP contribution in [0.3, 0.4) is 0 Å². The lowest BCUT2D eigenvalue weighted by molar-refractivity contribution is 0.245. The molecule has 124 valence electrons. The van der Waals surface area contributed by atoms with Crippen molar-refractivity contribution >= 4 is 16.1 Å². The Balaban J connectivity index is 1.90. The van der Waals surface area contributed by atoms with Gasteiger partial charge in [-0.15, -0.1) is 0 Å². The molecule has 23 heavy (non-hydrogen) atoms. The normalized spacial score (nSPS) is 11.3. The van der Waals surface area contributed by atoms with Crippen LogP contribution in [0.5, 0.6) is 0 Å². The summed E-state index contributed by atoms with van der Waals surface area (Å²) in [6.45, 7) is 6.75. The van der Waals surface area contributed by atoms with Crippen LogP contribution in [-0.4, -0.2) is 25.6 Å². The van der Waals surface area contributed by atoms with E-state index >= 15 is 0 Å². The summed E-state index contributed by atoms with van der Waals surface area (Å²) in [5.41, 5.74) is 3.14. The van der Waals surface area contributed by atoms with Gasteiger partial charge in [-0.05, 0) is 45.0 Å². The first-order valence-corrected chi connectivity index (χ1v) is 8.78. The molecule has 1 heterocycles. The zero-order chi connectivity index (χ0) is 17.0. The number of hydrogen-bond acceptors (Lipinski definition) is 3. The first-order valence-electron chi connectivity index (χ1n) is 7.29. The fourth-order valence-electron chi connectivity index (χ4n) is 2.27. The number of benzene rings is 1. The molecule has 7 heteroatoms. The van der Waals surface area contributed by atoms with Crippen molar-refractivity contribution in [1.29, 1.82) is 0 Å². The number of carbonyl (C=O) groups excluding carboxylic acids is 1. The standard InChI is InChI=1S/C16H21N3O3S/c1-12-4-8-15(9-5-12)23(21,22)18-16(20)17-10-11-19-13(2)6-7-14(19)3/h4-9H,10-11H2,1-3H3,(H2,17,18,20). The summed E-state index contributed by atoms with van der Waals surface area (Å²) in [6.07, 6.45) is 0. The van der Waals surface area contributed by atoms with Crippen LogP contribution < -0.4 is 10.0 Å². The maximum absolute atomic E-state index is 12.1. The number of nitrogens with one attached hydrogen (secondary N) is 2. The second kappa shape index (κ2) is 6.87. The molecular weight excluding hydrogens is 314 g/mol. The summed E-state index contributed by atoms with van der Waals surface area (Å²) in [5, 5.41) is 2.56. The van der Waals surface area contributed by atoms with Crippen LogP contribution >= 0.6 is 0 Å². The summed E-state index contributed by atoms with van der Waals surface area (Å²) in [5.74, 6) is 0. The molecule has 0 aliphatic carbocycles. The van der Waals surface area contributed by atoms with E-state index in [0.717, 1.165) is 17.0 Å². The van der Waals surface area contributed by atoms with Gasteiger partial charge in [-0.2, -0.15) is 0 Å². The summed E-state index contributed by atoms with van der Waals surface area (Å²) < 4.78 is 28.2. The van der Waals surface area contributed by atoms with Crippen LogP contribution in [0, 0.1) is 20.8 Å². The van der Waals surface area contributed by atoms with Gasteiger partial charge in [-0.1, -0.05) is 17.7 Å². The summed E-state index contributed by atoms with van der Waals surface area (Å²) in [4.78, 5) is 11.9. The monoisotopic (exact) mass is 335 g/mol. The Bertz CT molecular complexity index is 773. The molecule has 1 aromatic carbocycles. The number of aromatic nitrogens is 1. The van der Waals surface area contributed by atoms with Crippen molar-refractivity contribution in [2.24, 2.45) is 0 Å². The Kier molecular flexibility index (Phi) is 5.10. The molecule has 0 bridgehead atoms. The molecule has 1 aromatic heterocycles. The molecule has 2 rings (SSSR count). The first-order chi connectivity index (χ1) is 10.8. The van der Waals surface area contributed by atoms with Crippen molar-refractivity contribution in [1.82, 2.24) is 14.6 Å². The lowest BCUT2D eigenvalue weighted by Gasteiger charge is -2.11. The van der Waals surface area contributed by atoms with Crippen LogP contribution in [0.25, 0.3) is 0 Å². The molecule has 0 spiro atoms. The average Bonchev–Trinajstić information content (AvgIpc) is 2.79. The average molecular weight is 335 g/mol. The molecule has 0 unspecified atom stereocenters. The fourth-order valence-corrected chi connectivity index (χ4v) is 3.20. The maximum atomic E-state index is 12.1. The minimum atomic E-state index is -3.85. The minimum Gasteiger partial charge on any atom is -0.347 e. The largest absolute Gasteiger partial charge is 0.347 e. The highest BCUT2D eigenvalue weighted by molar-refractivity contribution is 7.90. The molecule has 2 N–H and O–H groups in total. The first kappa shape index (κ1) is 17.1. The second-order valence-electron chi connectivity index (χ2n) is 5.44. The predicted octanol–water partition coefficient (Wildman–Crippen LogP) is 2.10. The van der Waals surface area contributed by atoms with Crippen molar-refractivity contribution in [3.05, 3.63) is 53.3 Å². The van der Waals surface area contributed by atoms with Gasteiger partial charge in [-0.25, -0.2) is 17.9 Å². The molecule has 0 radical (unpaired) electrons. The molecule has 2 aromatic rings. The van der Waals surface area contributed by atoms with E-state index in [9.17, 15) is 13.2 Å². The van der Waals surface area contributed by atoms with E-state index in [1.165, 1.54) is 12.1 Å². The quantitative estimate of drug-likeness (QED) is 0.878. The Morgan fingerprint density at radius 1 is 1.00 bits per heavy atom. The zero-order valence-electron chi connectivity index (χ0n) is 13.5. The van der Waals surface area contributed by atoms with Gasteiger partial charge in [0.25, 0.3) is 10.0 Å². The van der Waals surface area contributed by atoms with Gasteiger partial charge in [0.15, 0.2) is 0 Å². The molecule has 0 saturated carbocycles. The third kappa shape index (κ3) is 4.35. The number of hydrogen-bond donors (Lipinski definition) is 2. The van der Waals surface area contributed by atoms with Crippen molar-refractivity contribution in [2.75, 3.05) is 6.54 Å². The molecule has 0 saturated heterocycles. The van der Waals surface area contributed by atoms with Crippen LogP contribution in [0.15, 0.2) is 41.3 Å². The van der Waals surface area contributed by atoms with Crippen LogP contribution in [0.2, 0.25) is 0 Å². The Morgan fingerprint density at radius 2 is 1.57 bits per heavy atom. The number of sulfonamides is 1. The highest BCUT2D eigenvalue weighted by Crippen LogP contribution is 2.09. The lowest BCUT2D eigenvalue weighted by Crippen LogP contribution is -2.40.